The van der Waals surface area contributed by atoms with Crippen LogP contribution in [-0.2, 0) is 6.54 Å². The number of nitrogens with one attached hydrogen (secondary N) is 1. The van der Waals surface area contributed by atoms with Crippen LogP contribution in [0.1, 0.15) is 31.2 Å². The summed E-state index contributed by atoms with van der Waals surface area (Å²) in [6.07, 6.45) is 6.96. The van der Waals surface area contributed by atoms with Crippen molar-refractivity contribution < 1.29 is 9.26 Å². The molecule has 1 N–H and O–H groups in total. The van der Waals surface area contributed by atoms with E-state index < -0.39 is 0 Å². The predicted molar refractivity (Wildman–Crippen MR) is 109 cm³/mol. The Morgan fingerprint density at radius 1 is 1.11 bits per heavy atom. The van der Waals surface area contributed by atoms with Gasteiger partial charge in [0.15, 0.2) is 0 Å². The van der Waals surface area contributed by atoms with Gasteiger partial charge >= 0.3 is 6.01 Å². The predicted octanol–water partition coefficient (Wildman–Crippen LogP) is 4.13. The highest BCUT2D eigenvalue weighted by atomic mass is 16.5. The number of ether oxygens (including phenoxy) is 1. The van der Waals surface area contributed by atoms with Crippen LogP contribution in [0.3, 0.4) is 0 Å². The molecule has 0 spiro atoms. The Kier molecular flexibility index (Phi) is 5.70. The Hall–Kier alpha value is -3.09. The maximum absolute atomic E-state index is 5.34. The molecule has 3 heterocycles. The average molecular weight is 379 g/mol. The smallest absolute Gasteiger partial charge is 0.322 e. The SMILES string of the molecule is COc1cccc(-c2noc(NCc3ccnc(N4CCCCCC4)c3)n2)c1. The number of anilines is 2. The summed E-state index contributed by atoms with van der Waals surface area (Å²) < 4.78 is 10.6. The summed E-state index contributed by atoms with van der Waals surface area (Å²) in [5, 5.41) is 7.26. The Balaban J connectivity index is 1.41. The van der Waals surface area contributed by atoms with Crippen molar-refractivity contribution in [3.8, 4) is 17.1 Å². The third-order valence-corrected chi connectivity index (χ3v) is 4.94. The summed E-state index contributed by atoms with van der Waals surface area (Å²) in [7, 11) is 1.64. The van der Waals surface area contributed by atoms with Gasteiger partial charge in [-0.3, -0.25) is 0 Å². The van der Waals surface area contributed by atoms with Crippen LogP contribution in [0.25, 0.3) is 11.4 Å². The van der Waals surface area contributed by atoms with Crippen molar-refractivity contribution in [3.63, 3.8) is 0 Å². The van der Waals surface area contributed by atoms with E-state index in [4.69, 9.17) is 9.26 Å². The van der Waals surface area contributed by atoms with Crippen LogP contribution in [-0.4, -0.2) is 35.3 Å². The van der Waals surface area contributed by atoms with Gasteiger partial charge in [0, 0.05) is 31.4 Å². The first-order valence-electron chi connectivity index (χ1n) is 9.74. The zero-order valence-electron chi connectivity index (χ0n) is 16.1. The Bertz CT molecular complexity index is 903. The van der Waals surface area contributed by atoms with Gasteiger partial charge in [0.05, 0.1) is 7.11 Å². The van der Waals surface area contributed by atoms with Gasteiger partial charge in [-0.05, 0) is 42.7 Å². The lowest BCUT2D eigenvalue weighted by atomic mass is 10.2. The third-order valence-electron chi connectivity index (χ3n) is 4.94. The van der Waals surface area contributed by atoms with E-state index in [1.807, 2.05) is 36.5 Å². The van der Waals surface area contributed by atoms with Crippen molar-refractivity contribution in [1.29, 1.82) is 0 Å². The van der Waals surface area contributed by atoms with E-state index >= 15 is 0 Å². The fraction of sp³-hybridized carbons (Fsp3) is 0.381. The number of benzene rings is 1. The van der Waals surface area contributed by atoms with E-state index in [0.717, 1.165) is 35.8 Å². The molecule has 1 fully saturated rings. The molecule has 0 unspecified atom stereocenters. The molecule has 7 heteroatoms. The second-order valence-electron chi connectivity index (χ2n) is 6.93. The lowest BCUT2D eigenvalue weighted by Gasteiger charge is -2.21. The van der Waals surface area contributed by atoms with Crippen LogP contribution in [0.15, 0.2) is 47.1 Å². The van der Waals surface area contributed by atoms with Gasteiger partial charge in [-0.1, -0.05) is 30.1 Å². The molecule has 7 nitrogen and oxygen atoms in total. The van der Waals surface area contributed by atoms with Crippen LogP contribution < -0.4 is 15.0 Å². The largest absolute Gasteiger partial charge is 0.497 e. The number of methoxy groups -OCH3 is 1. The first-order valence-corrected chi connectivity index (χ1v) is 9.74. The van der Waals surface area contributed by atoms with E-state index in [9.17, 15) is 0 Å². The minimum Gasteiger partial charge on any atom is -0.497 e. The summed E-state index contributed by atoms with van der Waals surface area (Å²) in [5.74, 6) is 2.33. The third kappa shape index (κ3) is 4.42. The minimum absolute atomic E-state index is 0.394. The maximum Gasteiger partial charge on any atom is 0.322 e. The first kappa shape index (κ1) is 18.3. The fourth-order valence-corrected chi connectivity index (χ4v) is 3.40. The molecule has 1 aromatic carbocycles. The summed E-state index contributed by atoms with van der Waals surface area (Å²) in [4.78, 5) is 11.4. The molecule has 0 aliphatic carbocycles. The second kappa shape index (κ2) is 8.73. The molecule has 2 aromatic heterocycles. The molecule has 1 saturated heterocycles. The van der Waals surface area contributed by atoms with E-state index in [1.54, 1.807) is 7.11 Å². The van der Waals surface area contributed by atoms with Gasteiger partial charge in [0.1, 0.15) is 11.6 Å². The van der Waals surface area contributed by atoms with Crippen LogP contribution in [0, 0.1) is 0 Å². The van der Waals surface area contributed by atoms with Crippen LogP contribution >= 0.6 is 0 Å². The molecule has 146 valence electrons. The van der Waals surface area contributed by atoms with Gasteiger partial charge < -0.3 is 19.5 Å². The zero-order valence-corrected chi connectivity index (χ0v) is 16.1. The standard InChI is InChI=1S/C21H25N5O2/c1-27-18-8-6-7-17(14-18)20-24-21(28-25-20)23-15-16-9-10-22-19(13-16)26-11-4-2-3-5-12-26/h6-10,13-14H,2-5,11-12,15H2,1H3,(H,23,24,25). The Morgan fingerprint density at radius 2 is 1.96 bits per heavy atom. The van der Waals surface area contributed by atoms with Crippen LogP contribution in [0.4, 0.5) is 11.8 Å². The van der Waals surface area contributed by atoms with E-state index in [2.05, 4.69) is 31.4 Å². The summed E-state index contributed by atoms with van der Waals surface area (Å²) in [5.41, 5.74) is 1.99. The first-order chi connectivity index (χ1) is 13.8. The molecule has 3 aromatic rings. The normalized spacial score (nSPS) is 14.5. The van der Waals surface area contributed by atoms with E-state index in [-0.39, 0.29) is 0 Å². The van der Waals surface area contributed by atoms with Gasteiger partial charge in [-0.15, -0.1) is 0 Å². The average Bonchev–Trinajstić information content (AvgIpc) is 3.06. The number of aromatic nitrogens is 3. The van der Waals surface area contributed by atoms with Gasteiger partial charge in [-0.25, -0.2) is 4.98 Å². The Labute approximate surface area is 164 Å². The lowest BCUT2D eigenvalue weighted by Crippen LogP contribution is -2.25. The van der Waals surface area contributed by atoms with E-state index in [0.29, 0.717) is 18.4 Å². The number of rotatable bonds is 6. The zero-order chi connectivity index (χ0) is 19.2. The second-order valence-corrected chi connectivity index (χ2v) is 6.93. The molecule has 0 saturated carbocycles. The van der Waals surface area contributed by atoms with Crippen LogP contribution in [0.5, 0.6) is 5.75 Å². The lowest BCUT2D eigenvalue weighted by molar-refractivity contribution is 0.414. The number of hydrogen-bond donors (Lipinski definition) is 1. The van der Waals surface area contributed by atoms with Crippen LogP contribution in [0.2, 0.25) is 0 Å². The van der Waals surface area contributed by atoms with Gasteiger partial charge in [-0.2, -0.15) is 4.98 Å². The van der Waals surface area contributed by atoms with Crippen molar-refractivity contribution in [3.05, 3.63) is 48.2 Å². The van der Waals surface area contributed by atoms with Gasteiger partial charge in [0.25, 0.3) is 0 Å². The molecular weight excluding hydrogens is 354 g/mol. The topological polar surface area (TPSA) is 76.3 Å². The summed E-state index contributed by atoms with van der Waals surface area (Å²) in [6, 6.07) is 12.1. The highest BCUT2D eigenvalue weighted by Crippen LogP contribution is 2.23. The molecule has 1 aliphatic heterocycles. The molecule has 0 bridgehead atoms. The molecule has 0 amide bonds. The number of hydrogen-bond acceptors (Lipinski definition) is 7. The highest BCUT2D eigenvalue weighted by molar-refractivity contribution is 5.58. The molecule has 28 heavy (non-hydrogen) atoms. The minimum atomic E-state index is 0.394. The molecule has 0 atom stereocenters. The molecule has 4 rings (SSSR count). The van der Waals surface area contributed by atoms with Crippen molar-refractivity contribution in [1.82, 2.24) is 15.1 Å². The molecule has 0 radical (unpaired) electrons. The van der Waals surface area contributed by atoms with Crippen molar-refractivity contribution in [2.24, 2.45) is 0 Å². The van der Waals surface area contributed by atoms with Gasteiger partial charge in [0.2, 0.25) is 5.82 Å². The van der Waals surface area contributed by atoms with Crippen molar-refractivity contribution in [2.45, 2.75) is 32.2 Å². The summed E-state index contributed by atoms with van der Waals surface area (Å²) in [6.45, 7) is 2.76. The summed E-state index contributed by atoms with van der Waals surface area (Å²) >= 11 is 0. The quantitative estimate of drug-likeness (QED) is 0.690. The van der Waals surface area contributed by atoms with Crippen molar-refractivity contribution in [2.75, 3.05) is 30.4 Å². The van der Waals surface area contributed by atoms with E-state index in [1.165, 1.54) is 25.7 Å². The number of nitrogens with zero attached hydrogens (tertiary/aromatic N) is 4. The fourth-order valence-electron chi connectivity index (χ4n) is 3.40. The van der Waals surface area contributed by atoms with Crippen molar-refractivity contribution >= 4 is 11.8 Å². The molecular formula is C21H25N5O2. The number of pyridine rings is 1. The Morgan fingerprint density at radius 3 is 2.79 bits per heavy atom. The molecule has 1 aliphatic rings. The monoisotopic (exact) mass is 379 g/mol. The maximum atomic E-state index is 5.34. The highest BCUT2D eigenvalue weighted by Gasteiger charge is 2.12.